The predicted molar refractivity (Wildman–Crippen MR) is 77.3 cm³/mol. The molecule has 18 heavy (non-hydrogen) atoms. The minimum absolute atomic E-state index is 0.0206. The molecule has 0 radical (unpaired) electrons. The Hall–Kier alpha value is -1.06. The third-order valence-corrected chi connectivity index (χ3v) is 3.24. The molecule has 3 nitrogen and oxygen atoms in total. The number of aryl methyl sites for hydroxylation is 2. The Bertz CT molecular complexity index is 405. The largest absolute Gasteiger partial charge is 0.324 e. The highest BCUT2D eigenvalue weighted by atomic mass is 35.5. The third kappa shape index (κ3) is 4.00. The van der Waals surface area contributed by atoms with E-state index in [1.54, 1.807) is 0 Å². The molecule has 1 aromatic carbocycles. The molecule has 0 heterocycles. The van der Waals surface area contributed by atoms with Crippen molar-refractivity contribution in [2.24, 2.45) is 0 Å². The van der Waals surface area contributed by atoms with Crippen molar-refractivity contribution in [2.75, 3.05) is 25.0 Å². The highest BCUT2D eigenvalue weighted by Crippen LogP contribution is 2.24. The molecule has 1 aromatic rings. The van der Waals surface area contributed by atoms with Crippen LogP contribution in [0.5, 0.6) is 0 Å². The number of anilines is 1. The first kappa shape index (κ1) is 15.0. The third-order valence-electron chi connectivity index (χ3n) is 3.02. The summed E-state index contributed by atoms with van der Waals surface area (Å²) in [5, 5.41) is 3.67. The van der Waals surface area contributed by atoms with E-state index in [9.17, 15) is 4.79 Å². The van der Waals surface area contributed by atoms with Crippen LogP contribution in [0.4, 0.5) is 5.69 Å². The lowest BCUT2D eigenvalue weighted by Crippen LogP contribution is -2.33. The zero-order valence-corrected chi connectivity index (χ0v) is 12.3. The summed E-state index contributed by atoms with van der Waals surface area (Å²) in [7, 11) is 0. The van der Waals surface area contributed by atoms with Crippen LogP contribution in [-0.2, 0) is 4.79 Å². The molecule has 0 spiro atoms. The minimum Gasteiger partial charge on any atom is -0.324 e. The summed E-state index contributed by atoms with van der Waals surface area (Å²) in [6, 6.07) is 3.73. The fraction of sp³-hybridized carbons (Fsp3) is 0.500. The first-order valence-electron chi connectivity index (χ1n) is 6.26. The molecular weight excluding hydrogens is 248 g/mol. The van der Waals surface area contributed by atoms with Crippen LogP contribution in [0, 0.1) is 13.8 Å². The number of hydrogen-bond acceptors (Lipinski definition) is 2. The van der Waals surface area contributed by atoms with Crippen LogP contribution in [0.15, 0.2) is 12.1 Å². The maximum atomic E-state index is 11.9. The Kier molecular flexibility index (Phi) is 5.63. The van der Waals surface area contributed by atoms with E-state index in [1.807, 2.05) is 26.0 Å². The summed E-state index contributed by atoms with van der Waals surface area (Å²) in [4.78, 5) is 14.0. The minimum atomic E-state index is 0.0206. The Labute approximate surface area is 114 Å². The van der Waals surface area contributed by atoms with Gasteiger partial charge in [0.15, 0.2) is 0 Å². The fourth-order valence-electron chi connectivity index (χ4n) is 1.94. The zero-order valence-electron chi connectivity index (χ0n) is 11.5. The molecule has 100 valence electrons. The van der Waals surface area contributed by atoms with Gasteiger partial charge in [-0.1, -0.05) is 25.4 Å². The van der Waals surface area contributed by atoms with E-state index >= 15 is 0 Å². The Morgan fingerprint density at radius 1 is 1.22 bits per heavy atom. The number of carbonyl (C=O) groups is 1. The average molecular weight is 269 g/mol. The van der Waals surface area contributed by atoms with Gasteiger partial charge in [0, 0.05) is 10.7 Å². The van der Waals surface area contributed by atoms with Crippen LogP contribution in [0.25, 0.3) is 0 Å². The van der Waals surface area contributed by atoms with E-state index in [1.165, 1.54) is 0 Å². The summed E-state index contributed by atoms with van der Waals surface area (Å²) in [5.74, 6) is 0.0206. The molecule has 1 rings (SSSR count). The average Bonchev–Trinajstić information content (AvgIpc) is 2.30. The van der Waals surface area contributed by atoms with Crippen molar-refractivity contribution in [3.8, 4) is 0 Å². The van der Waals surface area contributed by atoms with Gasteiger partial charge in [0.05, 0.1) is 6.54 Å². The van der Waals surface area contributed by atoms with E-state index in [0.29, 0.717) is 11.6 Å². The van der Waals surface area contributed by atoms with Gasteiger partial charge >= 0.3 is 0 Å². The van der Waals surface area contributed by atoms with Crippen molar-refractivity contribution >= 4 is 23.2 Å². The topological polar surface area (TPSA) is 32.3 Å². The van der Waals surface area contributed by atoms with E-state index in [-0.39, 0.29) is 5.91 Å². The van der Waals surface area contributed by atoms with Gasteiger partial charge in [0.1, 0.15) is 0 Å². The summed E-state index contributed by atoms with van der Waals surface area (Å²) in [6.45, 7) is 10.2. The van der Waals surface area contributed by atoms with E-state index < -0.39 is 0 Å². The number of carbonyl (C=O) groups excluding carboxylic acids is 1. The maximum Gasteiger partial charge on any atom is 0.238 e. The van der Waals surface area contributed by atoms with Gasteiger partial charge in [-0.3, -0.25) is 9.69 Å². The predicted octanol–water partition coefficient (Wildman–Crippen LogP) is 3.24. The SMILES string of the molecule is CCN(CC)CC(=O)Nc1c(C)cc(Cl)cc1C. The molecule has 0 aliphatic heterocycles. The lowest BCUT2D eigenvalue weighted by atomic mass is 10.1. The first-order chi connectivity index (χ1) is 8.47. The molecule has 1 amide bonds. The standard InChI is InChI=1S/C14H21ClN2O/c1-5-17(6-2)9-13(18)16-14-10(3)7-12(15)8-11(14)4/h7-8H,5-6,9H2,1-4H3,(H,16,18). The number of rotatable bonds is 5. The molecule has 0 saturated carbocycles. The van der Waals surface area contributed by atoms with Crippen LogP contribution in [0.3, 0.4) is 0 Å². The molecule has 0 aliphatic carbocycles. The number of amides is 1. The van der Waals surface area contributed by atoms with Crippen molar-refractivity contribution in [3.05, 3.63) is 28.3 Å². The fourth-order valence-corrected chi connectivity index (χ4v) is 2.26. The Balaban J connectivity index is 2.76. The summed E-state index contributed by atoms with van der Waals surface area (Å²) in [5.41, 5.74) is 2.86. The van der Waals surface area contributed by atoms with Crippen molar-refractivity contribution in [1.82, 2.24) is 4.90 Å². The van der Waals surface area contributed by atoms with Gasteiger partial charge in [-0.05, 0) is 50.2 Å². The van der Waals surface area contributed by atoms with Crippen LogP contribution in [0.2, 0.25) is 5.02 Å². The summed E-state index contributed by atoms with van der Waals surface area (Å²) in [6.07, 6.45) is 0. The quantitative estimate of drug-likeness (QED) is 0.889. The van der Waals surface area contributed by atoms with Crippen molar-refractivity contribution in [1.29, 1.82) is 0 Å². The second kappa shape index (κ2) is 6.76. The number of likely N-dealkylation sites (N-methyl/N-ethyl adjacent to an activating group) is 1. The number of nitrogens with zero attached hydrogens (tertiary/aromatic N) is 1. The molecule has 0 aromatic heterocycles. The smallest absolute Gasteiger partial charge is 0.238 e. The zero-order chi connectivity index (χ0) is 13.7. The van der Waals surface area contributed by atoms with Crippen molar-refractivity contribution in [3.63, 3.8) is 0 Å². The van der Waals surface area contributed by atoms with Gasteiger partial charge in [0.25, 0.3) is 0 Å². The van der Waals surface area contributed by atoms with Crippen LogP contribution < -0.4 is 5.32 Å². The Morgan fingerprint density at radius 2 is 1.72 bits per heavy atom. The van der Waals surface area contributed by atoms with Crippen molar-refractivity contribution < 1.29 is 4.79 Å². The van der Waals surface area contributed by atoms with Gasteiger partial charge in [-0.15, -0.1) is 0 Å². The second-order valence-electron chi connectivity index (χ2n) is 4.42. The highest BCUT2D eigenvalue weighted by molar-refractivity contribution is 6.30. The monoisotopic (exact) mass is 268 g/mol. The van der Waals surface area contributed by atoms with E-state index in [2.05, 4.69) is 24.1 Å². The molecule has 0 bridgehead atoms. The Morgan fingerprint density at radius 3 is 2.17 bits per heavy atom. The molecule has 0 atom stereocenters. The molecular formula is C14H21ClN2O. The summed E-state index contributed by atoms with van der Waals surface area (Å²) < 4.78 is 0. The number of nitrogens with one attached hydrogen (secondary N) is 1. The van der Waals surface area contributed by atoms with E-state index in [0.717, 1.165) is 29.9 Å². The van der Waals surface area contributed by atoms with Gasteiger partial charge in [-0.25, -0.2) is 0 Å². The van der Waals surface area contributed by atoms with Gasteiger partial charge < -0.3 is 5.32 Å². The normalized spacial score (nSPS) is 10.8. The molecule has 1 N–H and O–H groups in total. The number of hydrogen-bond donors (Lipinski definition) is 1. The van der Waals surface area contributed by atoms with Crippen LogP contribution in [0.1, 0.15) is 25.0 Å². The molecule has 0 fully saturated rings. The van der Waals surface area contributed by atoms with Crippen LogP contribution >= 0.6 is 11.6 Å². The molecule has 0 unspecified atom stereocenters. The molecule has 0 aliphatic rings. The van der Waals surface area contributed by atoms with Crippen LogP contribution in [-0.4, -0.2) is 30.4 Å². The highest BCUT2D eigenvalue weighted by Gasteiger charge is 2.11. The molecule has 4 heteroatoms. The number of halogens is 1. The van der Waals surface area contributed by atoms with Gasteiger partial charge in [-0.2, -0.15) is 0 Å². The number of benzene rings is 1. The summed E-state index contributed by atoms with van der Waals surface area (Å²) >= 11 is 5.97. The lowest BCUT2D eigenvalue weighted by molar-refractivity contribution is -0.117. The molecule has 0 saturated heterocycles. The van der Waals surface area contributed by atoms with E-state index in [4.69, 9.17) is 11.6 Å². The van der Waals surface area contributed by atoms with Gasteiger partial charge in [0.2, 0.25) is 5.91 Å². The lowest BCUT2D eigenvalue weighted by Gasteiger charge is -2.18. The van der Waals surface area contributed by atoms with Crippen molar-refractivity contribution in [2.45, 2.75) is 27.7 Å². The second-order valence-corrected chi connectivity index (χ2v) is 4.86. The first-order valence-corrected chi connectivity index (χ1v) is 6.64. The maximum absolute atomic E-state index is 11.9.